The summed E-state index contributed by atoms with van der Waals surface area (Å²) in [4.78, 5) is 11.9. The number of carbonyl (C=O) groups is 1. The first kappa shape index (κ1) is 17.2. The van der Waals surface area contributed by atoms with Gasteiger partial charge in [-0.15, -0.1) is 0 Å². The zero-order valence-corrected chi connectivity index (χ0v) is 13.4. The molecule has 6 heteroatoms. The molecule has 2 N–H and O–H groups in total. The van der Waals surface area contributed by atoms with E-state index in [-0.39, 0.29) is 12.1 Å². The van der Waals surface area contributed by atoms with Crippen molar-refractivity contribution in [2.24, 2.45) is 0 Å². The van der Waals surface area contributed by atoms with E-state index < -0.39 is 5.91 Å². The first-order valence-corrected chi connectivity index (χ1v) is 7.50. The number of ether oxygens (including phenoxy) is 1. The van der Waals surface area contributed by atoms with Crippen LogP contribution in [0.15, 0.2) is 58.9 Å². The number of carbonyl (C=O) groups excluding carboxylic acids is 1. The van der Waals surface area contributed by atoms with Gasteiger partial charge in [-0.1, -0.05) is 18.2 Å². The molecule has 0 radical (unpaired) electrons. The van der Waals surface area contributed by atoms with Gasteiger partial charge in [0, 0.05) is 12.7 Å². The predicted octanol–water partition coefficient (Wildman–Crippen LogP) is 2.14. The van der Waals surface area contributed by atoms with E-state index in [1.807, 2.05) is 30.3 Å². The van der Waals surface area contributed by atoms with Crippen LogP contribution >= 0.6 is 0 Å². The minimum Gasteiger partial charge on any atom is -0.496 e. The summed E-state index contributed by atoms with van der Waals surface area (Å²) in [5, 5.41) is 14.7. The molecule has 2 rings (SSSR count). The van der Waals surface area contributed by atoms with Gasteiger partial charge in [-0.3, -0.25) is 4.79 Å². The second-order valence-corrected chi connectivity index (χ2v) is 4.95. The number of hydrogen-bond donors (Lipinski definition) is 2. The van der Waals surface area contributed by atoms with Crippen LogP contribution in [0.25, 0.3) is 0 Å². The molecule has 1 heterocycles. The Balaban J connectivity index is 1.82. The molecule has 0 bridgehead atoms. The smallest absolute Gasteiger partial charge is 0.263 e. The van der Waals surface area contributed by atoms with E-state index in [2.05, 4.69) is 10.6 Å². The van der Waals surface area contributed by atoms with Crippen LogP contribution in [0.4, 0.5) is 0 Å². The Bertz CT molecular complexity index is 730. The summed E-state index contributed by atoms with van der Waals surface area (Å²) in [6, 6.07) is 13.1. The van der Waals surface area contributed by atoms with Gasteiger partial charge in [0.1, 0.15) is 23.2 Å². The molecule has 0 aliphatic rings. The van der Waals surface area contributed by atoms with E-state index in [0.29, 0.717) is 18.7 Å². The van der Waals surface area contributed by atoms with E-state index in [1.54, 1.807) is 19.2 Å². The molecule has 1 amide bonds. The lowest BCUT2D eigenvalue weighted by Gasteiger charge is -2.08. The first-order chi connectivity index (χ1) is 11.7. The topological polar surface area (TPSA) is 87.3 Å². The monoisotopic (exact) mass is 325 g/mol. The molecule has 0 aliphatic heterocycles. The van der Waals surface area contributed by atoms with Crippen molar-refractivity contribution >= 4 is 5.91 Å². The van der Waals surface area contributed by atoms with Gasteiger partial charge in [-0.05, 0) is 30.2 Å². The molecule has 2 aromatic rings. The number of rotatable bonds is 8. The molecule has 0 spiro atoms. The fraction of sp³-hybridized carbons (Fsp3) is 0.222. The maximum atomic E-state index is 11.9. The molecule has 6 nitrogen and oxygen atoms in total. The van der Waals surface area contributed by atoms with Crippen LogP contribution in [0, 0.1) is 11.3 Å². The number of benzene rings is 1. The van der Waals surface area contributed by atoms with Gasteiger partial charge < -0.3 is 19.8 Å². The summed E-state index contributed by atoms with van der Waals surface area (Å²) in [5.74, 6) is 1.00. The van der Waals surface area contributed by atoms with Crippen LogP contribution < -0.4 is 15.4 Å². The quantitative estimate of drug-likeness (QED) is 0.441. The van der Waals surface area contributed by atoms with Crippen LogP contribution in [0.1, 0.15) is 11.3 Å². The molecule has 0 unspecified atom stereocenters. The van der Waals surface area contributed by atoms with Crippen LogP contribution in [0.5, 0.6) is 5.75 Å². The summed E-state index contributed by atoms with van der Waals surface area (Å²) < 4.78 is 10.4. The van der Waals surface area contributed by atoms with Crippen molar-refractivity contribution in [2.45, 2.75) is 13.0 Å². The highest BCUT2D eigenvalue weighted by Crippen LogP contribution is 2.17. The predicted molar refractivity (Wildman–Crippen MR) is 89.0 cm³/mol. The van der Waals surface area contributed by atoms with E-state index in [0.717, 1.165) is 11.3 Å². The minimum atomic E-state index is -0.446. The number of hydrogen-bond acceptors (Lipinski definition) is 5. The number of furan rings is 1. The van der Waals surface area contributed by atoms with E-state index in [1.165, 1.54) is 12.5 Å². The highest BCUT2D eigenvalue weighted by atomic mass is 16.5. The molecule has 124 valence electrons. The lowest BCUT2D eigenvalue weighted by molar-refractivity contribution is -0.117. The van der Waals surface area contributed by atoms with Crippen molar-refractivity contribution in [3.05, 3.63) is 65.8 Å². The summed E-state index contributed by atoms with van der Waals surface area (Å²) in [6.07, 6.45) is 3.67. The van der Waals surface area contributed by atoms with Gasteiger partial charge in [0.05, 0.1) is 19.9 Å². The Morgan fingerprint density at radius 3 is 2.88 bits per heavy atom. The van der Waals surface area contributed by atoms with Crippen molar-refractivity contribution in [3.63, 3.8) is 0 Å². The maximum Gasteiger partial charge on any atom is 0.263 e. The van der Waals surface area contributed by atoms with E-state index in [9.17, 15) is 4.79 Å². The number of methoxy groups -OCH3 is 1. The lowest BCUT2D eigenvalue weighted by Crippen LogP contribution is -2.25. The van der Waals surface area contributed by atoms with Gasteiger partial charge >= 0.3 is 0 Å². The third kappa shape index (κ3) is 4.92. The number of nitrogens with zero attached hydrogens (tertiary/aromatic N) is 1. The first-order valence-electron chi connectivity index (χ1n) is 7.50. The largest absolute Gasteiger partial charge is 0.496 e. The zero-order chi connectivity index (χ0) is 17.2. The molecular formula is C18H19N3O3. The summed E-state index contributed by atoms with van der Waals surface area (Å²) in [5.41, 5.74) is 1.07. The van der Waals surface area contributed by atoms with Crippen LogP contribution in [-0.2, 0) is 17.8 Å². The zero-order valence-electron chi connectivity index (χ0n) is 13.4. The van der Waals surface area contributed by atoms with Crippen molar-refractivity contribution < 1.29 is 13.9 Å². The second kappa shape index (κ2) is 9.06. The van der Waals surface area contributed by atoms with Crippen molar-refractivity contribution in [1.82, 2.24) is 10.6 Å². The summed E-state index contributed by atoms with van der Waals surface area (Å²) >= 11 is 0. The van der Waals surface area contributed by atoms with Crippen LogP contribution in [0.3, 0.4) is 0 Å². The van der Waals surface area contributed by atoms with Crippen LogP contribution in [0.2, 0.25) is 0 Å². The average Bonchev–Trinajstić information content (AvgIpc) is 3.13. The fourth-order valence-electron chi connectivity index (χ4n) is 2.11. The van der Waals surface area contributed by atoms with Gasteiger partial charge in [-0.2, -0.15) is 5.26 Å². The fourth-order valence-corrected chi connectivity index (χ4v) is 2.11. The second-order valence-electron chi connectivity index (χ2n) is 4.95. The number of amides is 1. The van der Waals surface area contributed by atoms with Gasteiger partial charge in [-0.25, -0.2) is 0 Å². The van der Waals surface area contributed by atoms with Gasteiger partial charge in [0.15, 0.2) is 0 Å². The van der Waals surface area contributed by atoms with E-state index >= 15 is 0 Å². The Morgan fingerprint density at radius 1 is 1.33 bits per heavy atom. The normalized spacial score (nSPS) is 10.8. The van der Waals surface area contributed by atoms with Crippen molar-refractivity contribution in [1.29, 1.82) is 5.26 Å². The Kier molecular flexibility index (Phi) is 6.47. The molecule has 0 saturated heterocycles. The maximum absolute atomic E-state index is 11.9. The molecule has 1 aromatic carbocycles. The van der Waals surface area contributed by atoms with Gasteiger partial charge in [0.25, 0.3) is 5.91 Å². The number of para-hydroxylation sites is 1. The molecular weight excluding hydrogens is 306 g/mol. The average molecular weight is 325 g/mol. The minimum absolute atomic E-state index is 0.0154. The van der Waals surface area contributed by atoms with Gasteiger partial charge in [0.2, 0.25) is 0 Å². The van der Waals surface area contributed by atoms with E-state index in [4.69, 9.17) is 14.4 Å². The Morgan fingerprint density at radius 2 is 2.17 bits per heavy atom. The van der Waals surface area contributed by atoms with Crippen molar-refractivity contribution in [3.8, 4) is 11.8 Å². The molecule has 1 aromatic heterocycles. The lowest BCUT2D eigenvalue weighted by atomic mass is 10.1. The molecule has 0 atom stereocenters. The Labute approximate surface area is 140 Å². The number of nitrogens with one attached hydrogen (secondary N) is 2. The summed E-state index contributed by atoms with van der Waals surface area (Å²) in [7, 11) is 1.63. The molecule has 24 heavy (non-hydrogen) atoms. The standard InChI is InChI=1S/C18H19N3O3/c1-23-17-7-3-2-5-14(17)8-9-20-12-15(11-19)18(22)21-13-16-6-4-10-24-16/h2-7,10,12,20H,8-9,13H2,1H3,(H,21,22)/b15-12-. The highest BCUT2D eigenvalue weighted by molar-refractivity contribution is 5.97. The Hall–Kier alpha value is -3.20. The summed E-state index contributed by atoms with van der Waals surface area (Å²) in [6.45, 7) is 0.823. The molecule has 0 saturated carbocycles. The molecule has 0 fully saturated rings. The third-order valence-electron chi connectivity index (χ3n) is 3.35. The molecule has 0 aliphatic carbocycles. The highest BCUT2D eigenvalue weighted by Gasteiger charge is 2.09. The number of nitriles is 1. The van der Waals surface area contributed by atoms with Crippen LogP contribution in [-0.4, -0.2) is 19.6 Å². The van der Waals surface area contributed by atoms with Crippen molar-refractivity contribution in [2.75, 3.05) is 13.7 Å². The SMILES string of the molecule is COc1ccccc1CCN/C=C(/C#N)C(=O)NCc1ccco1. The third-order valence-corrected chi connectivity index (χ3v) is 3.35.